The highest BCUT2D eigenvalue weighted by molar-refractivity contribution is 5.90. The van der Waals surface area contributed by atoms with E-state index < -0.39 is 0 Å². The summed E-state index contributed by atoms with van der Waals surface area (Å²) < 4.78 is 11.4. The van der Waals surface area contributed by atoms with Gasteiger partial charge in [0.2, 0.25) is 0 Å². The van der Waals surface area contributed by atoms with Gasteiger partial charge in [0.1, 0.15) is 6.10 Å². The summed E-state index contributed by atoms with van der Waals surface area (Å²) in [5.74, 6) is 0.251. The summed E-state index contributed by atoms with van der Waals surface area (Å²) in [7, 11) is 0. The highest BCUT2D eigenvalue weighted by atomic mass is 16.5. The molecule has 3 atom stereocenters. The van der Waals surface area contributed by atoms with E-state index >= 15 is 0 Å². The van der Waals surface area contributed by atoms with Crippen LogP contribution in [0.4, 0.5) is 0 Å². The first-order valence-corrected chi connectivity index (χ1v) is 8.57. The van der Waals surface area contributed by atoms with Crippen molar-refractivity contribution in [3.05, 3.63) is 47.1 Å². The molecule has 0 radical (unpaired) electrons. The van der Waals surface area contributed by atoms with Gasteiger partial charge in [-0.3, -0.25) is 0 Å². The predicted octanol–water partition coefficient (Wildman–Crippen LogP) is 4.27. The zero-order valence-corrected chi connectivity index (χ0v) is 14.1. The van der Waals surface area contributed by atoms with Crippen LogP contribution >= 0.6 is 0 Å². The molecule has 2 aliphatic heterocycles. The lowest BCUT2D eigenvalue weighted by atomic mass is 9.89. The third kappa shape index (κ3) is 3.84. The molecule has 0 N–H and O–H groups in total. The van der Waals surface area contributed by atoms with Crippen LogP contribution in [-0.4, -0.2) is 24.8 Å². The molecule has 23 heavy (non-hydrogen) atoms. The first-order chi connectivity index (χ1) is 11.0. The highest BCUT2D eigenvalue weighted by Crippen LogP contribution is 2.33. The maximum Gasteiger partial charge on any atom is 0.334 e. The molecule has 3 aliphatic rings. The van der Waals surface area contributed by atoms with Gasteiger partial charge in [-0.15, -0.1) is 0 Å². The van der Waals surface area contributed by atoms with Crippen molar-refractivity contribution in [2.24, 2.45) is 5.92 Å². The topological polar surface area (TPSA) is 35.5 Å². The fourth-order valence-electron chi connectivity index (χ4n) is 3.64. The molecule has 0 saturated carbocycles. The third-order valence-electron chi connectivity index (χ3n) is 5.02. The molecule has 3 rings (SSSR count). The smallest absolute Gasteiger partial charge is 0.334 e. The lowest BCUT2D eigenvalue weighted by molar-refractivity contribution is -0.139. The van der Waals surface area contributed by atoms with Crippen LogP contribution in [0, 0.1) is 5.92 Å². The molecular weight excluding hydrogens is 288 g/mol. The minimum Gasteiger partial charge on any atom is -0.454 e. The summed E-state index contributed by atoms with van der Waals surface area (Å²) in [6.45, 7) is 9.11. The van der Waals surface area contributed by atoms with E-state index in [4.69, 9.17) is 9.47 Å². The number of carbonyl (C=O) groups is 1. The molecule has 0 amide bonds. The standard InChI is InChI=1S/C20H26O3/c1-13-5-4-6-16-11-17(23-20(16)21)9-14(2)10-19-18(8-7-13)15(3)12-22-19/h5,10-11,17-19H,3-4,6-9,12H2,1-2H3/b13-5+,14-10+/t17?,18-,19+/m1/s1. The molecule has 2 bridgehead atoms. The van der Waals surface area contributed by atoms with Crippen molar-refractivity contribution in [2.45, 2.75) is 58.2 Å². The Morgan fingerprint density at radius 1 is 1.17 bits per heavy atom. The van der Waals surface area contributed by atoms with Gasteiger partial charge >= 0.3 is 5.97 Å². The van der Waals surface area contributed by atoms with Crippen molar-refractivity contribution in [3.8, 4) is 0 Å². The first kappa shape index (κ1) is 16.3. The van der Waals surface area contributed by atoms with E-state index in [0.29, 0.717) is 12.5 Å². The molecule has 3 heteroatoms. The van der Waals surface area contributed by atoms with Crippen LogP contribution in [0.1, 0.15) is 46.0 Å². The fraction of sp³-hybridized carbons (Fsp3) is 0.550. The van der Waals surface area contributed by atoms with E-state index in [-0.39, 0.29) is 18.2 Å². The normalized spacial score (nSPS) is 37.0. The Labute approximate surface area is 138 Å². The molecule has 1 unspecified atom stereocenters. The molecule has 3 nitrogen and oxygen atoms in total. The Morgan fingerprint density at radius 2 is 2.00 bits per heavy atom. The number of fused-ring (bicyclic) bond motifs is 2. The second-order valence-electron chi connectivity index (χ2n) is 7.02. The monoisotopic (exact) mass is 314 g/mol. The maximum atomic E-state index is 11.9. The van der Waals surface area contributed by atoms with Gasteiger partial charge in [0.15, 0.2) is 0 Å². The van der Waals surface area contributed by atoms with E-state index in [0.717, 1.165) is 37.7 Å². The molecule has 124 valence electrons. The van der Waals surface area contributed by atoms with Crippen LogP contribution < -0.4 is 0 Å². The number of allylic oxidation sites excluding steroid dienone is 2. The summed E-state index contributed by atoms with van der Waals surface area (Å²) >= 11 is 0. The van der Waals surface area contributed by atoms with Crippen LogP contribution in [0.3, 0.4) is 0 Å². The molecule has 1 fully saturated rings. The summed E-state index contributed by atoms with van der Waals surface area (Å²) in [6, 6.07) is 0. The van der Waals surface area contributed by atoms with Gasteiger partial charge in [-0.05, 0) is 51.2 Å². The lowest BCUT2D eigenvalue weighted by Gasteiger charge is -2.18. The van der Waals surface area contributed by atoms with Gasteiger partial charge in [-0.2, -0.15) is 0 Å². The van der Waals surface area contributed by atoms with Gasteiger partial charge < -0.3 is 9.47 Å². The lowest BCUT2D eigenvalue weighted by Crippen LogP contribution is -2.16. The Morgan fingerprint density at radius 3 is 2.83 bits per heavy atom. The number of hydrogen-bond acceptors (Lipinski definition) is 3. The summed E-state index contributed by atoms with van der Waals surface area (Å²) in [5.41, 5.74) is 4.62. The van der Waals surface area contributed by atoms with Gasteiger partial charge in [-0.1, -0.05) is 29.9 Å². The predicted molar refractivity (Wildman–Crippen MR) is 90.9 cm³/mol. The van der Waals surface area contributed by atoms with Gasteiger partial charge in [0.25, 0.3) is 0 Å². The molecule has 0 spiro atoms. The van der Waals surface area contributed by atoms with Crippen molar-refractivity contribution >= 4 is 5.97 Å². The maximum absolute atomic E-state index is 11.9. The number of carbonyl (C=O) groups excluding carboxylic acids is 1. The molecule has 0 aromatic rings. The van der Waals surface area contributed by atoms with Crippen molar-refractivity contribution in [3.63, 3.8) is 0 Å². The summed E-state index contributed by atoms with van der Waals surface area (Å²) in [4.78, 5) is 11.9. The number of rotatable bonds is 0. The first-order valence-electron chi connectivity index (χ1n) is 8.57. The zero-order valence-electron chi connectivity index (χ0n) is 14.1. The Hall–Kier alpha value is -1.61. The van der Waals surface area contributed by atoms with Gasteiger partial charge in [0.05, 0.1) is 12.7 Å². The second kappa shape index (κ2) is 6.88. The number of hydrogen-bond donors (Lipinski definition) is 0. The molecule has 0 aromatic heterocycles. The molecule has 1 aliphatic carbocycles. The largest absolute Gasteiger partial charge is 0.454 e. The van der Waals surface area contributed by atoms with Crippen LogP contribution in [0.5, 0.6) is 0 Å². The van der Waals surface area contributed by atoms with Crippen molar-refractivity contribution in [1.29, 1.82) is 0 Å². The molecular formula is C20H26O3. The summed E-state index contributed by atoms with van der Waals surface area (Å²) in [6.07, 6.45) is 11.0. The minimum atomic E-state index is -0.146. The van der Waals surface area contributed by atoms with E-state index in [2.05, 4.69) is 32.6 Å². The molecule has 0 aromatic carbocycles. The SMILES string of the molecule is C=C1CO[C@H]2/C=C(\C)CC3C=C(CC/C=C(\C)CC[C@H]12)C(=O)O3. The number of ether oxygens (including phenoxy) is 2. The second-order valence-corrected chi connectivity index (χ2v) is 7.02. The van der Waals surface area contributed by atoms with Crippen LogP contribution in [0.2, 0.25) is 0 Å². The highest BCUT2D eigenvalue weighted by Gasteiger charge is 2.30. The van der Waals surface area contributed by atoms with E-state index in [1.165, 1.54) is 16.7 Å². The van der Waals surface area contributed by atoms with Crippen molar-refractivity contribution in [1.82, 2.24) is 0 Å². The fourth-order valence-corrected chi connectivity index (χ4v) is 3.64. The van der Waals surface area contributed by atoms with E-state index in [9.17, 15) is 4.79 Å². The zero-order chi connectivity index (χ0) is 16.4. The average molecular weight is 314 g/mol. The molecule has 1 saturated heterocycles. The average Bonchev–Trinajstić information content (AvgIpc) is 3.00. The van der Waals surface area contributed by atoms with Gasteiger partial charge in [-0.25, -0.2) is 4.79 Å². The van der Waals surface area contributed by atoms with E-state index in [1.54, 1.807) is 0 Å². The molecule has 2 heterocycles. The van der Waals surface area contributed by atoms with Gasteiger partial charge in [0, 0.05) is 17.9 Å². The van der Waals surface area contributed by atoms with Crippen molar-refractivity contribution < 1.29 is 14.3 Å². The minimum absolute atomic E-state index is 0.110. The van der Waals surface area contributed by atoms with E-state index in [1.807, 2.05) is 6.08 Å². The summed E-state index contributed by atoms with van der Waals surface area (Å²) in [5, 5.41) is 0. The van der Waals surface area contributed by atoms with Crippen molar-refractivity contribution in [2.75, 3.05) is 6.61 Å². The Bertz CT molecular complexity index is 594. The number of esters is 1. The van der Waals surface area contributed by atoms with Crippen LogP contribution in [0.15, 0.2) is 47.1 Å². The third-order valence-corrected chi connectivity index (χ3v) is 5.02. The quantitative estimate of drug-likeness (QED) is 0.495. The Balaban J connectivity index is 1.83. The van der Waals surface area contributed by atoms with Crippen LogP contribution in [-0.2, 0) is 14.3 Å². The van der Waals surface area contributed by atoms with Crippen LogP contribution in [0.25, 0.3) is 0 Å². The Kier molecular flexibility index (Phi) is 4.86.